The van der Waals surface area contributed by atoms with Crippen LogP contribution in [0.5, 0.6) is 0 Å². The number of carbonyl (C=O) groups excluding carboxylic acids is 1. The van der Waals surface area contributed by atoms with Crippen molar-refractivity contribution in [3.8, 4) is 5.69 Å². The summed E-state index contributed by atoms with van der Waals surface area (Å²) in [6.45, 7) is 5.47. The Labute approximate surface area is 146 Å². The summed E-state index contributed by atoms with van der Waals surface area (Å²) in [4.78, 5) is 12.5. The van der Waals surface area contributed by atoms with Crippen molar-refractivity contribution < 1.29 is 14.3 Å². The Morgan fingerprint density at radius 2 is 2.04 bits per heavy atom. The molecule has 0 radical (unpaired) electrons. The Morgan fingerprint density at radius 1 is 1.28 bits per heavy atom. The standard InChI is InChI=1S/C19H21N3O3/c1-13-7-4-5-8-16(13)22-14(2)15(11-21-22)18(23)20-12-19(3,24)17-9-6-10-25-17/h4-11,24H,12H2,1-3H3,(H,20,23). The highest BCUT2D eigenvalue weighted by molar-refractivity contribution is 5.95. The third-order valence-corrected chi connectivity index (χ3v) is 4.24. The molecule has 0 aliphatic carbocycles. The van der Waals surface area contributed by atoms with E-state index in [4.69, 9.17) is 4.42 Å². The number of benzene rings is 1. The lowest BCUT2D eigenvalue weighted by atomic mass is 10.0. The largest absolute Gasteiger partial charge is 0.466 e. The van der Waals surface area contributed by atoms with Crippen LogP contribution in [0.2, 0.25) is 0 Å². The van der Waals surface area contributed by atoms with Gasteiger partial charge in [-0.25, -0.2) is 4.68 Å². The van der Waals surface area contributed by atoms with Gasteiger partial charge in [-0.1, -0.05) is 18.2 Å². The first-order valence-electron chi connectivity index (χ1n) is 8.05. The van der Waals surface area contributed by atoms with E-state index in [2.05, 4.69) is 10.4 Å². The molecule has 0 spiro atoms. The molecular formula is C19H21N3O3. The number of nitrogens with zero attached hydrogens (tertiary/aromatic N) is 2. The van der Waals surface area contributed by atoms with Gasteiger partial charge in [-0.2, -0.15) is 5.10 Å². The highest BCUT2D eigenvalue weighted by Gasteiger charge is 2.27. The molecule has 0 aliphatic heterocycles. The fourth-order valence-corrected chi connectivity index (χ4v) is 2.70. The van der Waals surface area contributed by atoms with Gasteiger partial charge < -0.3 is 14.8 Å². The van der Waals surface area contributed by atoms with Gasteiger partial charge in [0.15, 0.2) is 0 Å². The molecule has 130 valence electrons. The monoisotopic (exact) mass is 339 g/mol. The zero-order valence-electron chi connectivity index (χ0n) is 14.5. The lowest BCUT2D eigenvalue weighted by molar-refractivity contribution is 0.0330. The van der Waals surface area contributed by atoms with Crippen LogP contribution in [0.3, 0.4) is 0 Å². The van der Waals surface area contributed by atoms with Crippen molar-refractivity contribution in [2.75, 3.05) is 6.54 Å². The van der Waals surface area contributed by atoms with E-state index in [-0.39, 0.29) is 12.5 Å². The van der Waals surface area contributed by atoms with Crippen molar-refractivity contribution in [1.29, 1.82) is 0 Å². The Morgan fingerprint density at radius 3 is 2.72 bits per heavy atom. The Bertz CT molecular complexity index is 879. The van der Waals surface area contributed by atoms with E-state index in [0.29, 0.717) is 11.3 Å². The minimum Gasteiger partial charge on any atom is -0.466 e. The summed E-state index contributed by atoms with van der Waals surface area (Å²) in [5.41, 5.74) is 1.94. The molecule has 0 bridgehead atoms. The highest BCUT2D eigenvalue weighted by atomic mass is 16.4. The van der Waals surface area contributed by atoms with Crippen LogP contribution in [0, 0.1) is 13.8 Å². The smallest absolute Gasteiger partial charge is 0.254 e. The average molecular weight is 339 g/mol. The minimum absolute atomic E-state index is 0.0360. The number of aryl methyl sites for hydroxylation is 1. The Hall–Kier alpha value is -2.86. The number of amides is 1. The van der Waals surface area contributed by atoms with Crippen molar-refractivity contribution in [3.63, 3.8) is 0 Å². The number of para-hydroxylation sites is 1. The average Bonchev–Trinajstić information content (AvgIpc) is 3.24. The van der Waals surface area contributed by atoms with Crippen LogP contribution in [0.1, 0.15) is 34.3 Å². The zero-order chi connectivity index (χ0) is 18.0. The number of carbonyl (C=O) groups is 1. The van der Waals surface area contributed by atoms with E-state index in [0.717, 1.165) is 16.9 Å². The summed E-state index contributed by atoms with van der Waals surface area (Å²) in [6.07, 6.45) is 3.03. The molecule has 6 nitrogen and oxygen atoms in total. The van der Waals surface area contributed by atoms with Gasteiger partial charge in [0.05, 0.1) is 35.9 Å². The molecule has 1 atom stereocenters. The van der Waals surface area contributed by atoms with Crippen molar-refractivity contribution >= 4 is 5.91 Å². The zero-order valence-corrected chi connectivity index (χ0v) is 14.5. The third kappa shape index (κ3) is 3.34. The number of aromatic nitrogens is 2. The maximum absolute atomic E-state index is 12.5. The maximum atomic E-state index is 12.5. The van der Waals surface area contributed by atoms with Gasteiger partial charge >= 0.3 is 0 Å². The van der Waals surface area contributed by atoms with Crippen LogP contribution in [0.4, 0.5) is 0 Å². The first kappa shape index (κ1) is 17.0. The molecule has 0 saturated heterocycles. The summed E-state index contributed by atoms with van der Waals surface area (Å²) in [7, 11) is 0. The molecule has 3 rings (SSSR count). The number of rotatable bonds is 5. The van der Waals surface area contributed by atoms with E-state index in [1.165, 1.54) is 6.26 Å². The first-order valence-corrected chi connectivity index (χ1v) is 8.05. The second-order valence-electron chi connectivity index (χ2n) is 6.28. The molecular weight excluding hydrogens is 318 g/mol. The molecule has 2 N–H and O–H groups in total. The second kappa shape index (κ2) is 6.57. The predicted molar refractivity (Wildman–Crippen MR) is 93.7 cm³/mol. The van der Waals surface area contributed by atoms with E-state index in [1.807, 2.05) is 38.1 Å². The maximum Gasteiger partial charge on any atom is 0.254 e. The molecule has 3 aromatic rings. The SMILES string of the molecule is Cc1ccccc1-n1ncc(C(=O)NCC(C)(O)c2ccco2)c1C. The van der Waals surface area contributed by atoms with E-state index in [1.54, 1.807) is 29.9 Å². The minimum atomic E-state index is -1.28. The lowest BCUT2D eigenvalue weighted by Gasteiger charge is -2.21. The summed E-state index contributed by atoms with van der Waals surface area (Å²) in [6, 6.07) is 11.2. The molecule has 1 unspecified atom stereocenters. The number of furan rings is 1. The summed E-state index contributed by atoms with van der Waals surface area (Å²) >= 11 is 0. The number of hydrogen-bond donors (Lipinski definition) is 2. The van der Waals surface area contributed by atoms with Gasteiger partial charge in [0.1, 0.15) is 11.4 Å². The molecule has 6 heteroatoms. The Kier molecular flexibility index (Phi) is 4.46. The molecule has 0 fully saturated rings. The molecule has 1 amide bonds. The summed E-state index contributed by atoms with van der Waals surface area (Å²) in [5.74, 6) is 0.115. The second-order valence-corrected chi connectivity index (χ2v) is 6.28. The molecule has 2 heterocycles. The van der Waals surface area contributed by atoms with Crippen LogP contribution in [-0.2, 0) is 5.60 Å². The predicted octanol–water partition coefficient (Wildman–Crippen LogP) is 2.72. The molecule has 0 aliphatic rings. The molecule has 2 aromatic heterocycles. The number of hydrogen-bond acceptors (Lipinski definition) is 4. The van der Waals surface area contributed by atoms with Crippen LogP contribution in [0.15, 0.2) is 53.3 Å². The lowest BCUT2D eigenvalue weighted by Crippen LogP contribution is -2.38. The van der Waals surface area contributed by atoms with Gasteiger partial charge in [0, 0.05) is 0 Å². The van der Waals surface area contributed by atoms with Gasteiger partial charge in [0.25, 0.3) is 5.91 Å². The molecule has 25 heavy (non-hydrogen) atoms. The molecule has 0 saturated carbocycles. The normalized spacial score (nSPS) is 13.4. The van der Waals surface area contributed by atoms with Crippen LogP contribution >= 0.6 is 0 Å². The summed E-state index contributed by atoms with van der Waals surface area (Å²) < 4.78 is 6.96. The van der Waals surface area contributed by atoms with Crippen molar-refractivity contribution in [3.05, 3.63) is 71.4 Å². The fourth-order valence-electron chi connectivity index (χ4n) is 2.70. The van der Waals surface area contributed by atoms with Crippen molar-refractivity contribution in [2.24, 2.45) is 0 Å². The Balaban J connectivity index is 1.77. The highest BCUT2D eigenvalue weighted by Crippen LogP contribution is 2.21. The fraction of sp³-hybridized carbons (Fsp3) is 0.263. The van der Waals surface area contributed by atoms with E-state index < -0.39 is 5.60 Å². The van der Waals surface area contributed by atoms with Crippen molar-refractivity contribution in [2.45, 2.75) is 26.4 Å². The topological polar surface area (TPSA) is 80.3 Å². The van der Waals surface area contributed by atoms with E-state index >= 15 is 0 Å². The number of aliphatic hydroxyl groups is 1. The van der Waals surface area contributed by atoms with Crippen molar-refractivity contribution in [1.82, 2.24) is 15.1 Å². The first-order chi connectivity index (χ1) is 11.9. The van der Waals surface area contributed by atoms with Gasteiger partial charge in [-0.3, -0.25) is 4.79 Å². The van der Waals surface area contributed by atoms with Crippen LogP contribution in [-0.4, -0.2) is 27.3 Å². The number of nitrogens with one attached hydrogen (secondary N) is 1. The van der Waals surface area contributed by atoms with Gasteiger partial charge in [-0.05, 0) is 44.5 Å². The van der Waals surface area contributed by atoms with Gasteiger partial charge in [-0.15, -0.1) is 0 Å². The summed E-state index contributed by atoms with van der Waals surface area (Å²) in [5, 5.41) is 17.5. The van der Waals surface area contributed by atoms with Gasteiger partial charge in [0.2, 0.25) is 0 Å². The van der Waals surface area contributed by atoms with Crippen LogP contribution in [0.25, 0.3) is 5.69 Å². The quantitative estimate of drug-likeness (QED) is 0.749. The van der Waals surface area contributed by atoms with E-state index in [9.17, 15) is 9.90 Å². The third-order valence-electron chi connectivity index (χ3n) is 4.24. The van der Waals surface area contributed by atoms with Crippen LogP contribution < -0.4 is 5.32 Å². The molecule has 1 aromatic carbocycles.